The summed E-state index contributed by atoms with van der Waals surface area (Å²) in [7, 11) is 0. The summed E-state index contributed by atoms with van der Waals surface area (Å²) in [6, 6.07) is 8.75. The number of fused-ring (bicyclic) bond motifs is 5. The average Bonchev–Trinajstić information content (AvgIpc) is 3.00. The molecule has 4 bridgehead atoms. The van der Waals surface area contributed by atoms with E-state index in [0.29, 0.717) is 29.0 Å². The molecule has 6 rings (SSSR count). The summed E-state index contributed by atoms with van der Waals surface area (Å²) in [5, 5.41) is 0.539. The van der Waals surface area contributed by atoms with Gasteiger partial charge in [0.05, 0.1) is 17.4 Å². The molecule has 6 nitrogen and oxygen atoms in total. The number of benzene rings is 1. The number of piperidine rings is 2. The number of para-hydroxylation sites is 1. The van der Waals surface area contributed by atoms with Crippen LogP contribution in [0.3, 0.4) is 0 Å². The maximum Gasteiger partial charge on any atom is 0.332 e. The van der Waals surface area contributed by atoms with Crippen molar-refractivity contribution in [1.82, 2.24) is 14.0 Å². The van der Waals surface area contributed by atoms with Gasteiger partial charge in [0.25, 0.3) is 5.56 Å². The lowest BCUT2D eigenvalue weighted by Crippen LogP contribution is -2.59. The molecule has 2 aliphatic carbocycles. The van der Waals surface area contributed by atoms with Crippen molar-refractivity contribution < 1.29 is 4.79 Å². The fourth-order valence-corrected chi connectivity index (χ4v) is 8.34. The van der Waals surface area contributed by atoms with Crippen LogP contribution >= 0.6 is 0 Å². The Morgan fingerprint density at radius 2 is 1.46 bits per heavy atom. The highest BCUT2D eigenvalue weighted by atomic mass is 16.2. The molecule has 0 amide bonds. The monoisotopic (exact) mass is 477 g/mol. The summed E-state index contributed by atoms with van der Waals surface area (Å²) in [5.74, 6) is 1.70. The SMILES string of the molecule is CC(=O)Cn1c(=O)n(C2CC3CCCC(C2)N3C2CC3CCCCC(C3)C2)c(=O)c2ccccc21. The minimum absolute atomic E-state index is 0.0101. The molecule has 4 aliphatic rings. The van der Waals surface area contributed by atoms with E-state index in [2.05, 4.69) is 4.90 Å². The number of carbonyl (C=O) groups excluding carboxylic acids is 1. The third-order valence-electron chi connectivity index (χ3n) is 9.61. The van der Waals surface area contributed by atoms with Crippen LogP contribution in [0.25, 0.3) is 10.9 Å². The molecule has 0 radical (unpaired) electrons. The first kappa shape index (κ1) is 23.2. The van der Waals surface area contributed by atoms with E-state index < -0.39 is 0 Å². The van der Waals surface area contributed by atoms with Crippen LogP contribution < -0.4 is 11.2 Å². The zero-order valence-electron chi connectivity index (χ0n) is 21.0. The van der Waals surface area contributed by atoms with Gasteiger partial charge in [-0.2, -0.15) is 0 Å². The lowest BCUT2D eigenvalue weighted by Gasteiger charge is -2.54. The van der Waals surface area contributed by atoms with Gasteiger partial charge in [-0.25, -0.2) is 4.79 Å². The number of aromatic nitrogens is 2. The summed E-state index contributed by atoms with van der Waals surface area (Å²) < 4.78 is 3.04. The Labute approximate surface area is 207 Å². The minimum Gasteiger partial charge on any atom is -0.298 e. The van der Waals surface area contributed by atoms with Gasteiger partial charge < -0.3 is 0 Å². The van der Waals surface area contributed by atoms with Gasteiger partial charge in [0.15, 0.2) is 0 Å². The predicted molar refractivity (Wildman–Crippen MR) is 138 cm³/mol. The Kier molecular flexibility index (Phi) is 6.20. The molecule has 4 fully saturated rings. The lowest BCUT2D eigenvalue weighted by atomic mass is 9.73. The maximum atomic E-state index is 13.7. The zero-order chi connectivity index (χ0) is 24.1. The van der Waals surface area contributed by atoms with Crippen molar-refractivity contribution in [2.45, 2.75) is 115 Å². The van der Waals surface area contributed by atoms with E-state index in [1.165, 1.54) is 80.3 Å². The topological polar surface area (TPSA) is 64.3 Å². The molecule has 2 saturated heterocycles. The third-order valence-corrected chi connectivity index (χ3v) is 9.61. The van der Waals surface area contributed by atoms with Crippen molar-refractivity contribution >= 4 is 16.7 Å². The van der Waals surface area contributed by atoms with E-state index in [-0.39, 0.29) is 29.6 Å². The van der Waals surface area contributed by atoms with Crippen molar-refractivity contribution in [2.75, 3.05) is 0 Å². The first-order chi connectivity index (χ1) is 17.0. The number of hydrogen-bond acceptors (Lipinski definition) is 4. The van der Waals surface area contributed by atoms with E-state index in [4.69, 9.17) is 0 Å². The van der Waals surface area contributed by atoms with E-state index in [1.54, 1.807) is 12.1 Å². The highest BCUT2D eigenvalue weighted by Crippen LogP contribution is 2.46. The second kappa shape index (κ2) is 9.34. The summed E-state index contributed by atoms with van der Waals surface area (Å²) in [4.78, 5) is 42.2. The third kappa shape index (κ3) is 4.22. The number of Topliss-reactive ketones (excluding diaryl/α,β-unsaturated/α-hetero) is 1. The molecule has 35 heavy (non-hydrogen) atoms. The number of nitrogens with zero attached hydrogens (tertiary/aromatic N) is 3. The van der Waals surface area contributed by atoms with Crippen LogP contribution in [0.5, 0.6) is 0 Å². The Bertz CT molecular complexity index is 1200. The maximum absolute atomic E-state index is 13.7. The second-order valence-corrected chi connectivity index (χ2v) is 12.0. The van der Waals surface area contributed by atoms with Gasteiger partial charge in [0.2, 0.25) is 0 Å². The Morgan fingerprint density at radius 1 is 0.800 bits per heavy atom. The summed E-state index contributed by atoms with van der Waals surface area (Å²) in [6.45, 7) is 1.51. The first-order valence-electron chi connectivity index (χ1n) is 14.0. The van der Waals surface area contributed by atoms with Gasteiger partial charge in [-0.15, -0.1) is 0 Å². The molecule has 3 heterocycles. The van der Waals surface area contributed by atoms with Gasteiger partial charge in [0.1, 0.15) is 5.78 Å². The van der Waals surface area contributed by atoms with Crippen LogP contribution in [-0.2, 0) is 11.3 Å². The second-order valence-electron chi connectivity index (χ2n) is 12.0. The molecule has 188 valence electrons. The number of rotatable bonds is 4. The first-order valence-corrected chi connectivity index (χ1v) is 14.0. The fraction of sp³-hybridized carbons (Fsp3) is 0.690. The molecular formula is C29H39N3O3. The van der Waals surface area contributed by atoms with Crippen molar-refractivity contribution in [1.29, 1.82) is 0 Å². The molecule has 2 aliphatic heterocycles. The highest BCUT2D eigenvalue weighted by molar-refractivity contribution is 5.81. The highest BCUT2D eigenvalue weighted by Gasteiger charge is 2.45. The summed E-state index contributed by atoms with van der Waals surface area (Å²) in [6.07, 6.45) is 15.1. The number of ketones is 1. The molecule has 4 atom stereocenters. The largest absolute Gasteiger partial charge is 0.332 e. The van der Waals surface area contributed by atoms with Crippen molar-refractivity contribution in [2.24, 2.45) is 11.8 Å². The van der Waals surface area contributed by atoms with Gasteiger partial charge >= 0.3 is 5.69 Å². The van der Waals surface area contributed by atoms with Crippen molar-refractivity contribution in [3.8, 4) is 0 Å². The molecule has 4 unspecified atom stereocenters. The van der Waals surface area contributed by atoms with Crippen LogP contribution in [0.4, 0.5) is 0 Å². The van der Waals surface area contributed by atoms with Crippen LogP contribution in [0, 0.1) is 11.8 Å². The van der Waals surface area contributed by atoms with Crippen LogP contribution in [0.15, 0.2) is 33.9 Å². The molecule has 0 spiro atoms. The van der Waals surface area contributed by atoms with Crippen molar-refractivity contribution in [3.05, 3.63) is 45.1 Å². The molecule has 1 aromatic heterocycles. The zero-order valence-corrected chi connectivity index (χ0v) is 21.0. The molecular weight excluding hydrogens is 438 g/mol. The van der Waals surface area contributed by atoms with Crippen molar-refractivity contribution in [3.63, 3.8) is 0 Å². The fourth-order valence-electron chi connectivity index (χ4n) is 8.34. The van der Waals surface area contributed by atoms with E-state index >= 15 is 0 Å². The number of carbonyl (C=O) groups is 1. The average molecular weight is 478 g/mol. The van der Waals surface area contributed by atoms with E-state index in [1.807, 2.05) is 12.1 Å². The lowest BCUT2D eigenvalue weighted by molar-refractivity contribution is -0.117. The molecule has 0 N–H and O–H groups in total. The Hall–Kier alpha value is -2.21. The van der Waals surface area contributed by atoms with E-state index in [9.17, 15) is 14.4 Å². The molecule has 2 aromatic rings. The van der Waals surface area contributed by atoms with Crippen LogP contribution in [-0.4, -0.2) is 37.9 Å². The smallest absolute Gasteiger partial charge is 0.298 e. The van der Waals surface area contributed by atoms with Gasteiger partial charge in [-0.3, -0.25) is 23.6 Å². The van der Waals surface area contributed by atoms with Gasteiger partial charge in [0, 0.05) is 24.2 Å². The molecule has 1 aromatic carbocycles. The van der Waals surface area contributed by atoms with Crippen LogP contribution in [0.1, 0.15) is 90.0 Å². The summed E-state index contributed by atoms with van der Waals surface area (Å²) >= 11 is 0. The summed E-state index contributed by atoms with van der Waals surface area (Å²) in [5.41, 5.74) is 0.0612. The number of hydrogen-bond donors (Lipinski definition) is 0. The van der Waals surface area contributed by atoms with Crippen LogP contribution in [0.2, 0.25) is 0 Å². The van der Waals surface area contributed by atoms with E-state index in [0.717, 1.165) is 24.7 Å². The minimum atomic E-state index is -0.316. The standard InChI is InChI=1S/C29H39N3O3/c1-19(33)18-30-27-12-5-4-11-26(27)28(34)32(29(30)35)25-16-22-9-6-10-23(17-25)31(22)24-14-20-7-2-3-8-21(13-20)15-24/h4-5,11-12,20-25H,2-3,6-10,13-18H2,1H3. The quantitative estimate of drug-likeness (QED) is 0.642. The molecule has 2 saturated carbocycles. The predicted octanol–water partition coefficient (Wildman–Crippen LogP) is 4.67. The Balaban J connectivity index is 1.34. The molecule has 6 heteroatoms. The van der Waals surface area contributed by atoms with Gasteiger partial charge in [-0.05, 0) is 75.8 Å². The normalized spacial score (nSPS) is 33.4. The van der Waals surface area contributed by atoms with Gasteiger partial charge in [-0.1, -0.05) is 44.2 Å². The Morgan fingerprint density at radius 3 is 2.11 bits per heavy atom.